The Morgan fingerprint density at radius 2 is 1.29 bits per heavy atom. The Kier molecular flexibility index (Phi) is 12.3. The molecule has 0 saturated carbocycles. The number of hydrogen-bond acceptors (Lipinski definition) is 3. The Hall–Kier alpha value is 0.660. The molecule has 3 heteroatoms. The second-order valence-corrected chi connectivity index (χ2v) is 5.79. The number of thioether (sulfide) groups is 2. The Labute approximate surface area is 98.4 Å². The molecule has 0 amide bonds. The lowest BCUT2D eigenvalue weighted by Gasteiger charge is -2.15. The molecule has 0 atom stereocenters. The van der Waals surface area contributed by atoms with Gasteiger partial charge in [-0.05, 0) is 31.4 Å². The highest BCUT2D eigenvalue weighted by atomic mass is 32.2. The Balaban J connectivity index is 3.07. The molecule has 0 aromatic heterocycles. The second-order valence-electron chi connectivity index (χ2n) is 3.64. The normalized spacial score (nSPS) is 11.1. The summed E-state index contributed by atoms with van der Waals surface area (Å²) in [7, 11) is 2.22. The monoisotopic (exact) mass is 235 g/mol. The van der Waals surface area contributed by atoms with E-state index in [0.29, 0.717) is 0 Å². The zero-order valence-corrected chi connectivity index (χ0v) is 11.6. The van der Waals surface area contributed by atoms with E-state index < -0.39 is 0 Å². The molecule has 0 saturated heterocycles. The molecular formula is C11H25NS2. The molecule has 0 bridgehead atoms. The SMILES string of the molecule is CCCCSCN(C)CSCCCC. The molecule has 1 nitrogen and oxygen atoms in total. The van der Waals surface area contributed by atoms with E-state index in [4.69, 9.17) is 0 Å². The maximum absolute atomic E-state index is 2.42. The largest absolute Gasteiger partial charge is 0.288 e. The van der Waals surface area contributed by atoms with Crippen molar-refractivity contribution < 1.29 is 0 Å². The van der Waals surface area contributed by atoms with Crippen molar-refractivity contribution in [2.24, 2.45) is 0 Å². The summed E-state index contributed by atoms with van der Waals surface area (Å²) in [5, 5.41) is 0. The zero-order valence-electron chi connectivity index (χ0n) is 9.92. The first-order chi connectivity index (χ1) is 6.81. The molecule has 0 spiro atoms. The van der Waals surface area contributed by atoms with E-state index >= 15 is 0 Å². The van der Waals surface area contributed by atoms with Crippen LogP contribution in [0.5, 0.6) is 0 Å². The van der Waals surface area contributed by atoms with Crippen molar-refractivity contribution in [1.29, 1.82) is 0 Å². The summed E-state index contributed by atoms with van der Waals surface area (Å²) >= 11 is 4.12. The molecule has 0 fully saturated rings. The summed E-state index contributed by atoms with van der Waals surface area (Å²) in [6.45, 7) is 4.51. The van der Waals surface area contributed by atoms with Crippen LogP contribution in [0.25, 0.3) is 0 Å². The average molecular weight is 235 g/mol. The third-order valence-electron chi connectivity index (χ3n) is 1.91. The van der Waals surface area contributed by atoms with Gasteiger partial charge in [-0.1, -0.05) is 26.7 Å². The van der Waals surface area contributed by atoms with E-state index in [-0.39, 0.29) is 0 Å². The molecule has 0 unspecified atom stereocenters. The number of unbranched alkanes of at least 4 members (excludes halogenated alkanes) is 2. The van der Waals surface area contributed by atoms with Crippen LogP contribution < -0.4 is 0 Å². The second kappa shape index (κ2) is 11.7. The third kappa shape index (κ3) is 10.7. The molecule has 14 heavy (non-hydrogen) atoms. The van der Waals surface area contributed by atoms with E-state index in [0.717, 1.165) is 0 Å². The molecule has 0 aromatic carbocycles. The van der Waals surface area contributed by atoms with Crippen LogP contribution in [-0.2, 0) is 0 Å². The van der Waals surface area contributed by atoms with Crippen LogP contribution in [0.2, 0.25) is 0 Å². The minimum atomic E-state index is 1.19. The van der Waals surface area contributed by atoms with Crippen molar-refractivity contribution in [2.75, 3.05) is 30.3 Å². The Morgan fingerprint density at radius 3 is 1.64 bits per heavy atom. The van der Waals surface area contributed by atoms with Crippen molar-refractivity contribution >= 4 is 23.5 Å². The fourth-order valence-electron chi connectivity index (χ4n) is 0.971. The Bertz CT molecular complexity index is 97.5. The number of nitrogens with zero attached hydrogens (tertiary/aromatic N) is 1. The molecule has 0 aliphatic heterocycles. The third-order valence-corrected chi connectivity index (χ3v) is 4.31. The van der Waals surface area contributed by atoms with Gasteiger partial charge in [-0.15, -0.1) is 23.5 Å². The van der Waals surface area contributed by atoms with Gasteiger partial charge in [-0.25, -0.2) is 0 Å². The van der Waals surface area contributed by atoms with Gasteiger partial charge >= 0.3 is 0 Å². The van der Waals surface area contributed by atoms with Crippen LogP contribution in [0.15, 0.2) is 0 Å². The van der Waals surface area contributed by atoms with E-state index in [1.54, 1.807) is 0 Å². The van der Waals surface area contributed by atoms with Crippen molar-refractivity contribution in [3.05, 3.63) is 0 Å². The highest BCUT2D eigenvalue weighted by molar-refractivity contribution is 8.00. The van der Waals surface area contributed by atoms with E-state index in [1.807, 2.05) is 0 Å². The van der Waals surface area contributed by atoms with Crippen molar-refractivity contribution in [3.8, 4) is 0 Å². The fraction of sp³-hybridized carbons (Fsp3) is 1.00. The summed E-state index contributed by atoms with van der Waals surface area (Å²) in [5.41, 5.74) is 0. The standard InChI is InChI=1S/C11H25NS2/c1-4-6-8-13-10-12(3)11-14-9-7-5-2/h4-11H2,1-3H3. The first kappa shape index (κ1) is 14.7. The van der Waals surface area contributed by atoms with Crippen molar-refractivity contribution in [3.63, 3.8) is 0 Å². The lowest BCUT2D eigenvalue weighted by molar-refractivity contribution is 0.466. The first-order valence-corrected chi connectivity index (χ1v) is 7.96. The van der Waals surface area contributed by atoms with Gasteiger partial charge in [0.05, 0.1) is 0 Å². The minimum Gasteiger partial charge on any atom is -0.288 e. The highest BCUT2D eigenvalue weighted by Crippen LogP contribution is 2.10. The highest BCUT2D eigenvalue weighted by Gasteiger charge is 1.97. The molecule has 0 aliphatic rings. The van der Waals surface area contributed by atoms with Gasteiger partial charge in [0, 0.05) is 11.8 Å². The van der Waals surface area contributed by atoms with Gasteiger partial charge in [-0.3, -0.25) is 4.90 Å². The summed E-state index contributed by atoms with van der Waals surface area (Å²) < 4.78 is 0. The van der Waals surface area contributed by atoms with Crippen LogP contribution in [0.1, 0.15) is 39.5 Å². The molecule has 0 radical (unpaired) electrons. The van der Waals surface area contributed by atoms with Gasteiger partial charge < -0.3 is 0 Å². The topological polar surface area (TPSA) is 3.24 Å². The predicted molar refractivity (Wildman–Crippen MR) is 72.2 cm³/mol. The number of hydrogen-bond donors (Lipinski definition) is 0. The van der Waals surface area contributed by atoms with Gasteiger partial charge in [0.15, 0.2) is 0 Å². The van der Waals surface area contributed by atoms with Crippen LogP contribution in [0.4, 0.5) is 0 Å². The summed E-state index contributed by atoms with van der Waals surface area (Å²) in [4.78, 5) is 2.42. The van der Waals surface area contributed by atoms with Crippen LogP contribution >= 0.6 is 23.5 Å². The molecular weight excluding hydrogens is 210 g/mol. The lowest BCUT2D eigenvalue weighted by Crippen LogP contribution is -2.17. The maximum Gasteiger partial charge on any atom is 0.0449 e. The van der Waals surface area contributed by atoms with E-state index in [2.05, 4.69) is 49.3 Å². The Morgan fingerprint density at radius 1 is 0.857 bits per heavy atom. The molecule has 86 valence electrons. The minimum absolute atomic E-state index is 1.19. The fourth-order valence-corrected chi connectivity index (χ4v) is 3.14. The lowest BCUT2D eigenvalue weighted by atomic mass is 10.4. The van der Waals surface area contributed by atoms with Gasteiger partial charge in [0.2, 0.25) is 0 Å². The summed E-state index contributed by atoms with van der Waals surface area (Å²) in [5.74, 6) is 5.03. The van der Waals surface area contributed by atoms with Gasteiger partial charge in [0.1, 0.15) is 0 Å². The van der Waals surface area contributed by atoms with Crippen LogP contribution in [0.3, 0.4) is 0 Å². The van der Waals surface area contributed by atoms with Gasteiger partial charge in [0.25, 0.3) is 0 Å². The van der Waals surface area contributed by atoms with E-state index in [9.17, 15) is 0 Å². The van der Waals surface area contributed by atoms with Crippen LogP contribution in [0, 0.1) is 0 Å². The summed E-state index contributed by atoms with van der Waals surface area (Å²) in [6.07, 6.45) is 5.37. The quantitative estimate of drug-likeness (QED) is 0.418. The molecule has 0 aromatic rings. The van der Waals surface area contributed by atoms with Crippen molar-refractivity contribution in [2.45, 2.75) is 39.5 Å². The van der Waals surface area contributed by atoms with Crippen molar-refractivity contribution in [1.82, 2.24) is 4.90 Å². The summed E-state index contributed by atoms with van der Waals surface area (Å²) in [6, 6.07) is 0. The molecule has 0 N–H and O–H groups in total. The molecule has 0 aliphatic carbocycles. The zero-order chi connectivity index (χ0) is 10.6. The van der Waals surface area contributed by atoms with Crippen LogP contribution in [-0.4, -0.2) is 35.2 Å². The van der Waals surface area contributed by atoms with E-state index in [1.165, 1.54) is 48.9 Å². The first-order valence-electron chi connectivity index (χ1n) is 5.65. The smallest absolute Gasteiger partial charge is 0.0449 e. The number of rotatable bonds is 10. The average Bonchev–Trinajstić information content (AvgIpc) is 2.19. The molecule has 0 rings (SSSR count). The van der Waals surface area contributed by atoms with Gasteiger partial charge in [-0.2, -0.15) is 0 Å². The predicted octanol–water partition coefficient (Wildman–Crippen LogP) is 3.90. The molecule has 0 heterocycles. The maximum atomic E-state index is 2.42.